The van der Waals surface area contributed by atoms with Crippen LogP contribution in [0.25, 0.3) is 0 Å². The maximum Gasteiger partial charge on any atom is 0.301 e. The zero-order valence-corrected chi connectivity index (χ0v) is 6.67. The molecule has 1 heterocycles. The Morgan fingerprint density at radius 3 is 3.11 bits per heavy atom. The van der Waals surface area contributed by atoms with Gasteiger partial charge in [-0.05, 0) is 6.92 Å². The number of hydrogen-bond acceptors (Lipinski definition) is 3. The van der Waals surface area contributed by atoms with Gasteiger partial charge in [-0.25, -0.2) is 4.98 Å². The first-order valence-electron chi connectivity index (χ1n) is 2.62. The van der Waals surface area contributed by atoms with Crippen LogP contribution in [0.2, 0.25) is 0 Å². The van der Waals surface area contributed by atoms with Crippen molar-refractivity contribution in [2.45, 2.75) is 11.3 Å². The van der Waals surface area contributed by atoms with Crippen LogP contribution in [0.3, 0.4) is 0 Å². The largest absolute Gasteiger partial charge is 0.610 e. The summed E-state index contributed by atoms with van der Waals surface area (Å²) in [6.45, 7) is 1.89. The Kier molecular flexibility index (Phi) is 2.50. The van der Waals surface area contributed by atoms with Crippen LogP contribution in [0.15, 0.2) is 15.9 Å². The average Bonchev–Trinajstić information content (AvgIpc) is 2.37. The first kappa shape index (κ1) is 7.05. The van der Waals surface area contributed by atoms with Gasteiger partial charge in [0.2, 0.25) is 0 Å². The van der Waals surface area contributed by atoms with Gasteiger partial charge in [0.25, 0.3) is 0 Å². The molecule has 2 nitrogen and oxygen atoms in total. The number of rotatable bonds is 2. The van der Waals surface area contributed by atoms with E-state index in [0.29, 0.717) is 5.75 Å². The fourth-order valence-electron chi connectivity index (χ4n) is 0.446. The van der Waals surface area contributed by atoms with E-state index in [4.69, 9.17) is 0 Å². The zero-order chi connectivity index (χ0) is 6.69. The van der Waals surface area contributed by atoms with Crippen molar-refractivity contribution in [3.05, 3.63) is 11.6 Å². The van der Waals surface area contributed by atoms with Gasteiger partial charge < -0.3 is 4.55 Å². The van der Waals surface area contributed by atoms with E-state index < -0.39 is 11.2 Å². The second kappa shape index (κ2) is 3.20. The molecule has 0 radical (unpaired) electrons. The summed E-state index contributed by atoms with van der Waals surface area (Å²) in [7, 11) is 0. The van der Waals surface area contributed by atoms with Crippen LogP contribution in [0.4, 0.5) is 0 Å². The molecule has 1 unspecified atom stereocenters. The Hall–Kier alpha value is -0.0600. The summed E-state index contributed by atoms with van der Waals surface area (Å²) in [5.74, 6) is 0.660. The molecule has 4 heteroatoms. The lowest BCUT2D eigenvalue weighted by atomic mass is 11.0. The second-order valence-electron chi connectivity index (χ2n) is 1.43. The summed E-state index contributed by atoms with van der Waals surface area (Å²) in [5.41, 5.74) is 0. The molecule has 1 aromatic rings. The van der Waals surface area contributed by atoms with Crippen LogP contribution in [-0.4, -0.2) is 15.3 Å². The highest BCUT2D eigenvalue weighted by atomic mass is 32.2. The van der Waals surface area contributed by atoms with Crippen molar-refractivity contribution in [2.75, 3.05) is 5.75 Å². The lowest BCUT2D eigenvalue weighted by molar-refractivity contribution is 0.595. The smallest absolute Gasteiger partial charge is 0.301 e. The summed E-state index contributed by atoms with van der Waals surface area (Å²) in [5, 5.41) is 1.84. The predicted octanol–water partition coefficient (Wildman–Crippen LogP) is 1.27. The third-order valence-corrected chi connectivity index (χ3v) is 3.30. The van der Waals surface area contributed by atoms with E-state index >= 15 is 0 Å². The molecule has 0 bridgehead atoms. The van der Waals surface area contributed by atoms with Gasteiger partial charge >= 0.3 is 4.34 Å². The van der Waals surface area contributed by atoms with Gasteiger partial charge in [0.1, 0.15) is 5.75 Å². The lowest BCUT2D eigenvalue weighted by Gasteiger charge is -2.00. The molecule has 1 rings (SSSR count). The number of aromatic nitrogens is 1. The molecule has 0 aliphatic heterocycles. The molecule has 1 atom stereocenters. The van der Waals surface area contributed by atoms with Gasteiger partial charge in [0, 0.05) is 22.8 Å². The Bertz CT molecular complexity index is 163. The summed E-state index contributed by atoms with van der Waals surface area (Å²) in [6.07, 6.45) is 1.67. The third kappa shape index (κ3) is 1.67. The van der Waals surface area contributed by atoms with Crippen LogP contribution in [0, 0.1) is 0 Å². The molecule has 50 valence electrons. The molecule has 0 amide bonds. The van der Waals surface area contributed by atoms with Gasteiger partial charge in [0.15, 0.2) is 0 Å². The van der Waals surface area contributed by atoms with Gasteiger partial charge in [-0.2, -0.15) is 0 Å². The fraction of sp³-hybridized carbons (Fsp3) is 0.400. The highest BCUT2D eigenvalue weighted by Gasteiger charge is 2.08. The van der Waals surface area contributed by atoms with E-state index in [1.165, 1.54) is 11.3 Å². The van der Waals surface area contributed by atoms with E-state index in [1.807, 2.05) is 12.3 Å². The minimum Gasteiger partial charge on any atom is -0.610 e. The highest BCUT2D eigenvalue weighted by Crippen LogP contribution is 2.12. The maximum absolute atomic E-state index is 10.9. The molecule has 0 aromatic carbocycles. The minimum atomic E-state index is -0.852. The summed E-state index contributed by atoms with van der Waals surface area (Å²) >= 11 is 0.592. The van der Waals surface area contributed by atoms with Crippen LogP contribution in [-0.2, 0) is 11.2 Å². The van der Waals surface area contributed by atoms with Crippen molar-refractivity contribution in [3.8, 4) is 0 Å². The van der Waals surface area contributed by atoms with Crippen molar-refractivity contribution >= 4 is 22.5 Å². The van der Waals surface area contributed by atoms with E-state index in [9.17, 15) is 4.55 Å². The average molecular weight is 161 g/mol. The first-order valence-corrected chi connectivity index (χ1v) is 4.82. The Morgan fingerprint density at radius 1 is 1.89 bits per heavy atom. The zero-order valence-electron chi connectivity index (χ0n) is 5.03. The normalized spacial score (nSPS) is 13.6. The molecule has 0 N–H and O–H groups in total. The molecule has 0 spiro atoms. The van der Waals surface area contributed by atoms with Crippen molar-refractivity contribution in [3.63, 3.8) is 0 Å². The summed E-state index contributed by atoms with van der Waals surface area (Å²) in [4.78, 5) is 3.91. The van der Waals surface area contributed by atoms with E-state index in [2.05, 4.69) is 4.98 Å². The van der Waals surface area contributed by atoms with Crippen LogP contribution < -0.4 is 0 Å². The van der Waals surface area contributed by atoms with Crippen LogP contribution in [0.5, 0.6) is 0 Å². The van der Waals surface area contributed by atoms with Crippen molar-refractivity contribution in [1.29, 1.82) is 0 Å². The molecular weight excluding hydrogens is 154 g/mol. The molecule has 0 saturated heterocycles. The van der Waals surface area contributed by atoms with Crippen LogP contribution in [0.1, 0.15) is 6.92 Å². The molecular formula is C5H7NOS2. The van der Waals surface area contributed by atoms with Crippen molar-refractivity contribution in [2.24, 2.45) is 0 Å². The van der Waals surface area contributed by atoms with Gasteiger partial charge in [-0.1, -0.05) is 11.3 Å². The van der Waals surface area contributed by atoms with Gasteiger partial charge in [0.05, 0.1) is 0 Å². The third-order valence-electron chi connectivity index (χ3n) is 0.867. The quantitative estimate of drug-likeness (QED) is 0.612. The van der Waals surface area contributed by atoms with E-state index in [0.717, 1.165) is 4.34 Å². The molecule has 1 aromatic heterocycles. The number of nitrogens with zero attached hydrogens (tertiary/aromatic N) is 1. The predicted molar refractivity (Wildman–Crippen MR) is 39.1 cm³/mol. The molecule has 9 heavy (non-hydrogen) atoms. The van der Waals surface area contributed by atoms with Gasteiger partial charge in [-0.3, -0.25) is 0 Å². The molecule has 0 aliphatic rings. The van der Waals surface area contributed by atoms with Crippen molar-refractivity contribution in [1.82, 2.24) is 4.98 Å². The maximum atomic E-state index is 10.9. The fourth-order valence-corrected chi connectivity index (χ4v) is 2.18. The summed E-state index contributed by atoms with van der Waals surface area (Å²) in [6, 6.07) is 0. The lowest BCUT2D eigenvalue weighted by Crippen LogP contribution is -2.02. The second-order valence-corrected chi connectivity index (χ2v) is 4.24. The Morgan fingerprint density at radius 2 is 2.67 bits per heavy atom. The van der Waals surface area contributed by atoms with Crippen molar-refractivity contribution < 1.29 is 4.55 Å². The first-order chi connectivity index (χ1) is 4.34. The monoisotopic (exact) mass is 161 g/mol. The topological polar surface area (TPSA) is 36.0 Å². The van der Waals surface area contributed by atoms with E-state index in [-0.39, 0.29) is 0 Å². The Labute approximate surface area is 61.1 Å². The van der Waals surface area contributed by atoms with Gasteiger partial charge in [-0.15, -0.1) is 0 Å². The summed E-state index contributed by atoms with van der Waals surface area (Å²) < 4.78 is 11.7. The Balaban J connectivity index is 2.65. The minimum absolute atomic E-state index is 0.660. The number of thiazole rings is 1. The number of hydrogen-bond donors (Lipinski definition) is 0. The van der Waals surface area contributed by atoms with Crippen LogP contribution >= 0.6 is 11.3 Å². The SMILES string of the molecule is CC[S+]([O-])c1nccs1. The molecule has 0 fully saturated rings. The highest BCUT2D eigenvalue weighted by molar-refractivity contribution is 7.93. The standard InChI is InChI=1S/C5H7NOS2/c1-2-9(7)5-6-3-4-8-5/h3-4H,2H2,1H3. The molecule has 0 saturated carbocycles. The van der Waals surface area contributed by atoms with E-state index in [1.54, 1.807) is 6.20 Å². The molecule has 0 aliphatic carbocycles.